The van der Waals surface area contributed by atoms with Crippen molar-refractivity contribution in [3.8, 4) is 0 Å². The number of aromatic amines is 1. The summed E-state index contributed by atoms with van der Waals surface area (Å²) >= 11 is 0. The van der Waals surface area contributed by atoms with E-state index < -0.39 is 21.7 Å². The zero-order valence-electron chi connectivity index (χ0n) is 11.6. The molecule has 1 aliphatic carbocycles. The van der Waals surface area contributed by atoms with Gasteiger partial charge in [-0.2, -0.15) is 5.10 Å². The quantitative estimate of drug-likeness (QED) is 0.851. The molecule has 0 bridgehead atoms. The Hall–Kier alpha value is -1.41. The molecule has 2 rings (SSSR count). The van der Waals surface area contributed by atoms with Crippen LogP contribution in [0.15, 0.2) is 4.90 Å². The second-order valence-electron chi connectivity index (χ2n) is 5.27. The van der Waals surface area contributed by atoms with Crippen molar-refractivity contribution < 1.29 is 18.3 Å². The molecule has 7 nitrogen and oxygen atoms in total. The third kappa shape index (κ3) is 2.71. The molecule has 1 aromatic heterocycles. The Kier molecular flexibility index (Phi) is 4.14. The van der Waals surface area contributed by atoms with Crippen molar-refractivity contribution in [1.82, 2.24) is 14.5 Å². The SMILES string of the molecule is Cc1[nH]nc(C(=O)O)c1S(=O)(=O)N(C)CC1CCCC1. The summed E-state index contributed by atoms with van der Waals surface area (Å²) < 4.78 is 26.3. The maximum absolute atomic E-state index is 12.5. The Morgan fingerprint density at radius 3 is 2.60 bits per heavy atom. The number of rotatable bonds is 5. The second-order valence-corrected chi connectivity index (χ2v) is 7.25. The van der Waals surface area contributed by atoms with E-state index in [0.29, 0.717) is 12.5 Å². The first kappa shape index (κ1) is 15.0. The summed E-state index contributed by atoms with van der Waals surface area (Å²) in [6.45, 7) is 1.93. The van der Waals surface area contributed by atoms with Gasteiger partial charge < -0.3 is 5.11 Å². The minimum absolute atomic E-state index is 0.231. The first-order valence-corrected chi connectivity index (χ1v) is 8.02. The number of aromatic carboxylic acids is 1. The van der Waals surface area contributed by atoms with Crippen LogP contribution in [0.5, 0.6) is 0 Å². The molecule has 0 radical (unpaired) electrons. The molecule has 0 saturated heterocycles. The molecule has 8 heteroatoms. The van der Waals surface area contributed by atoms with Crippen molar-refractivity contribution in [3.63, 3.8) is 0 Å². The third-order valence-electron chi connectivity index (χ3n) is 3.75. The Morgan fingerprint density at radius 2 is 2.05 bits per heavy atom. The summed E-state index contributed by atoms with van der Waals surface area (Å²) in [5.74, 6) is -0.988. The van der Waals surface area contributed by atoms with Gasteiger partial charge in [0, 0.05) is 13.6 Å². The predicted molar refractivity (Wildman–Crippen MR) is 72.1 cm³/mol. The lowest BCUT2D eigenvalue weighted by atomic mass is 10.1. The summed E-state index contributed by atoms with van der Waals surface area (Å²) in [5, 5.41) is 15.0. The molecule has 20 heavy (non-hydrogen) atoms. The standard InChI is InChI=1S/C12H19N3O4S/c1-8-11(10(12(16)17)14-13-8)20(18,19)15(2)7-9-5-3-4-6-9/h9H,3-7H2,1-2H3,(H,13,14)(H,16,17). The Labute approximate surface area is 118 Å². The van der Waals surface area contributed by atoms with E-state index in [1.165, 1.54) is 18.3 Å². The van der Waals surface area contributed by atoms with E-state index in [2.05, 4.69) is 10.2 Å². The summed E-state index contributed by atoms with van der Waals surface area (Å²) in [6, 6.07) is 0. The smallest absolute Gasteiger partial charge is 0.357 e. The maximum atomic E-state index is 12.5. The van der Waals surface area contributed by atoms with E-state index in [4.69, 9.17) is 5.11 Å². The van der Waals surface area contributed by atoms with E-state index in [9.17, 15) is 13.2 Å². The molecule has 0 atom stereocenters. The van der Waals surface area contributed by atoms with Gasteiger partial charge in [-0.05, 0) is 25.7 Å². The summed E-state index contributed by atoms with van der Waals surface area (Å²) in [4.78, 5) is 10.9. The molecule has 0 aromatic carbocycles. The van der Waals surface area contributed by atoms with Gasteiger partial charge in [0.25, 0.3) is 0 Å². The monoisotopic (exact) mass is 301 g/mol. The van der Waals surface area contributed by atoms with Crippen molar-refractivity contribution in [1.29, 1.82) is 0 Å². The number of nitrogens with one attached hydrogen (secondary N) is 1. The first-order chi connectivity index (χ1) is 9.34. The summed E-state index contributed by atoms with van der Waals surface area (Å²) in [6.07, 6.45) is 4.30. The van der Waals surface area contributed by atoms with Crippen LogP contribution < -0.4 is 0 Å². The number of H-pyrrole nitrogens is 1. The highest BCUT2D eigenvalue weighted by molar-refractivity contribution is 7.89. The molecular weight excluding hydrogens is 282 g/mol. The summed E-state index contributed by atoms with van der Waals surface area (Å²) in [5.41, 5.74) is -0.193. The molecule has 1 saturated carbocycles. The number of hydrogen-bond donors (Lipinski definition) is 2. The van der Waals surface area contributed by atoms with Crippen LogP contribution in [0.3, 0.4) is 0 Å². The number of carboxylic acid groups (broad SMARTS) is 1. The number of aromatic nitrogens is 2. The first-order valence-electron chi connectivity index (χ1n) is 6.58. The molecule has 0 amide bonds. The fourth-order valence-electron chi connectivity index (χ4n) is 2.69. The average molecular weight is 301 g/mol. The minimum Gasteiger partial charge on any atom is -0.476 e. The lowest BCUT2D eigenvalue weighted by molar-refractivity contribution is 0.0686. The van der Waals surface area contributed by atoms with Gasteiger partial charge in [0.15, 0.2) is 5.69 Å². The molecular formula is C12H19N3O4S. The van der Waals surface area contributed by atoms with Crippen molar-refractivity contribution >= 4 is 16.0 Å². The molecule has 1 aromatic rings. The lowest BCUT2D eigenvalue weighted by Gasteiger charge is -2.20. The van der Waals surface area contributed by atoms with E-state index in [1.807, 2.05) is 0 Å². The topological polar surface area (TPSA) is 103 Å². The van der Waals surface area contributed by atoms with E-state index >= 15 is 0 Å². The fraction of sp³-hybridized carbons (Fsp3) is 0.667. The van der Waals surface area contributed by atoms with Gasteiger partial charge in [0.05, 0.1) is 5.69 Å². The van der Waals surface area contributed by atoms with Gasteiger partial charge in [0.2, 0.25) is 10.0 Å². The highest BCUT2D eigenvalue weighted by Crippen LogP contribution is 2.28. The van der Waals surface area contributed by atoms with Crippen LogP contribution in [0.1, 0.15) is 41.9 Å². The highest BCUT2D eigenvalue weighted by Gasteiger charge is 2.33. The Morgan fingerprint density at radius 1 is 1.45 bits per heavy atom. The molecule has 0 unspecified atom stereocenters. The van der Waals surface area contributed by atoms with Gasteiger partial charge in [-0.3, -0.25) is 5.10 Å². The summed E-state index contributed by atoms with van der Waals surface area (Å²) in [7, 11) is -2.34. The largest absolute Gasteiger partial charge is 0.476 e. The number of carboxylic acids is 1. The highest BCUT2D eigenvalue weighted by atomic mass is 32.2. The number of sulfonamides is 1. The van der Waals surface area contributed by atoms with Crippen LogP contribution in [0.2, 0.25) is 0 Å². The Bertz CT molecular complexity index is 602. The maximum Gasteiger partial charge on any atom is 0.357 e. The van der Waals surface area contributed by atoms with Crippen molar-refractivity contribution in [2.24, 2.45) is 5.92 Å². The van der Waals surface area contributed by atoms with Gasteiger partial charge in [-0.25, -0.2) is 17.5 Å². The van der Waals surface area contributed by atoms with Gasteiger partial charge in [0.1, 0.15) is 4.90 Å². The molecule has 0 aliphatic heterocycles. The number of hydrogen-bond acceptors (Lipinski definition) is 4. The Balaban J connectivity index is 2.29. The molecule has 1 heterocycles. The number of nitrogens with zero attached hydrogens (tertiary/aromatic N) is 2. The lowest BCUT2D eigenvalue weighted by Crippen LogP contribution is -2.32. The van der Waals surface area contributed by atoms with Gasteiger partial charge in [-0.15, -0.1) is 0 Å². The minimum atomic E-state index is -3.83. The normalized spacial score (nSPS) is 16.9. The van der Waals surface area contributed by atoms with Crippen LogP contribution in [-0.4, -0.2) is 47.6 Å². The molecule has 112 valence electrons. The van der Waals surface area contributed by atoms with Crippen LogP contribution >= 0.6 is 0 Å². The van der Waals surface area contributed by atoms with Gasteiger partial charge in [-0.1, -0.05) is 12.8 Å². The van der Waals surface area contributed by atoms with Crippen LogP contribution in [0, 0.1) is 12.8 Å². The third-order valence-corrected chi connectivity index (χ3v) is 5.74. The van der Waals surface area contributed by atoms with Crippen molar-refractivity contribution in [2.75, 3.05) is 13.6 Å². The molecule has 1 aliphatic rings. The van der Waals surface area contributed by atoms with Crippen LogP contribution in [-0.2, 0) is 10.0 Å². The number of carbonyl (C=O) groups is 1. The van der Waals surface area contributed by atoms with Crippen molar-refractivity contribution in [2.45, 2.75) is 37.5 Å². The van der Waals surface area contributed by atoms with Crippen LogP contribution in [0.25, 0.3) is 0 Å². The van der Waals surface area contributed by atoms with E-state index in [0.717, 1.165) is 25.7 Å². The van der Waals surface area contributed by atoms with Crippen molar-refractivity contribution in [3.05, 3.63) is 11.4 Å². The van der Waals surface area contributed by atoms with Gasteiger partial charge >= 0.3 is 5.97 Å². The van der Waals surface area contributed by atoms with E-state index in [1.54, 1.807) is 0 Å². The molecule has 0 spiro atoms. The average Bonchev–Trinajstić information content (AvgIpc) is 2.98. The molecule has 2 N–H and O–H groups in total. The zero-order valence-corrected chi connectivity index (χ0v) is 12.4. The molecule has 1 fully saturated rings. The fourth-order valence-corrected chi connectivity index (χ4v) is 4.22. The zero-order chi connectivity index (χ0) is 14.9. The predicted octanol–water partition coefficient (Wildman–Crippen LogP) is 1.23. The second kappa shape index (κ2) is 5.53. The number of aryl methyl sites for hydroxylation is 1. The van der Waals surface area contributed by atoms with E-state index in [-0.39, 0.29) is 10.6 Å². The van der Waals surface area contributed by atoms with Crippen LogP contribution in [0.4, 0.5) is 0 Å².